The van der Waals surface area contributed by atoms with E-state index in [9.17, 15) is 13.2 Å². The van der Waals surface area contributed by atoms with Crippen molar-refractivity contribution >= 4 is 15.9 Å². The highest BCUT2D eigenvalue weighted by Gasteiger charge is 2.15. The minimum Gasteiger partial charge on any atom is -0.354 e. The van der Waals surface area contributed by atoms with Gasteiger partial charge in [0, 0.05) is 20.1 Å². The van der Waals surface area contributed by atoms with E-state index in [0.29, 0.717) is 6.54 Å². The number of nitrogens with one attached hydrogen (secondary N) is 1. The lowest BCUT2D eigenvalue weighted by atomic mass is 10.1. The molecule has 1 aliphatic heterocycles. The fourth-order valence-corrected chi connectivity index (χ4v) is 2.26. The summed E-state index contributed by atoms with van der Waals surface area (Å²) in [5.74, 6) is -0.250. The second kappa shape index (κ2) is 7.06. The second-order valence-corrected chi connectivity index (χ2v) is 6.86. The zero-order valence-electron chi connectivity index (χ0n) is 11.2. The van der Waals surface area contributed by atoms with Crippen LogP contribution in [0.3, 0.4) is 0 Å². The van der Waals surface area contributed by atoms with Crippen LogP contribution in [0.5, 0.6) is 0 Å². The number of hydrogen-bond donors (Lipinski definition) is 1. The summed E-state index contributed by atoms with van der Waals surface area (Å²) in [4.78, 5) is 13.8. The quantitative estimate of drug-likeness (QED) is 0.709. The summed E-state index contributed by atoms with van der Waals surface area (Å²) < 4.78 is 23.3. The molecule has 1 saturated heterocycles. The number of amides is 1. The van der Waals surface area contributed by atoms with Gasteiger partial charge in [-0.05, 0) is 25.9 Å². The fraction of sp³-hybridized carbons (Fsp3) is 0.909. The molecule has 0 aromatic carbocycles. The Bertz CT molecular complexity index is 364. The lowest BCUT2D eigenvalue weighted by Crippen LogP contribution is -2.42. The molecule has 7 heteroatoms. The number of hydrogen-bond acceptors (Lipinski definition) is 4. The number of sulfonamides is 1. The summed E-state index contributed by atoms with van der Waals surface area (Å²) in [7, 11) is -1.88. The smallest absolute Gasteiger partial charge is 0.235 e. The molecule has 6 nitrogen and oxygen atoms in total. The first-order valence-corrected chi connectivity index (χ1v) is 8.15. The Labute approximate surface area is 109 Å². The van der Waals surface area contributed by atoms with Crippen molar-refractivity contribution in [3.05, 3.63) is 0 Å². The lowest BCUT2D eigenvalue weighted by Gasteiger charge is -2.26. The zero-order chi connectivity index (χ0) is 13.6. The van der Waals surface area contributed by atoms with Gasteiger partial charge in [0.2, 0.25) is 15.9 Å². The van der Waals surface area contributed by atoms with Crippen molar-refractivity contribution in [2.45, 2.75) is 19.3 Å². The first-order valence-electron chi connectivity index (χ1n) is 6.30. The van der Waals surface area contributed by atoms with Gasteiger partial charge in [0.15, 0.2) is 0 Å². The number of carbonyl (C=O) groups is 1. The van der Waals surface area contributed by atoms with Gasteiger partial charge < -0.3 is 10.2 Å². The number of rotatable bonds is 6. The van der Waals surface area contributed by atoms with Crippen molar-refractivity contribution in [1.82, 2.24) is 14.5 Å². The SMILES string of the molecule is CN(CC(=O)NCCN1CCCCC1)S(C)(=O)=O. The average molecular weight is 277 g/mol. The van der Waals surface area contributed by atoms with Gasteiger partial charge in [-0.2, -0.15) is 4.31 Å². The molecule has 0 bridgehead atoms. The van der Waals surface area contributed by atoms with Crippen LogP contribution in [0, 0.1) is 0 Å². The highest BCUT2D eigenvalue weighted by atomic mass is 32.2. The number of piperidine rings is 1. The van der Waals surface area contributed by atoms with E-state index in [1.54, 1.807) is 0 Å². The van der Waals surface area contributed by atoms with Gasteiger partial charge in [0.05, 0.1) is 12.8 Å². The molecule has 1 rings (SSSR count). The van der Waals surface area contributed by atoms with E-state index in [1.165, 1.54) is 26.3 Å². The molecule has 1 N–H and O–H groups in total. The molecule has 0 unspecified atom stereocenters. The molecule has 106 valence electrons. The van der Waals surface area contributed by atoms with Crippen LogP contribution in [-0.2, 0) is 14.8 Å². The van der Waals surface area contributed by atoms with Crippen LogP contribution in [-0.4, -0.2) is 69.6 Å². The second-order valence-electron chi connectivity index (χ2n) is 4.77. The van der Waals surface area contributed by atoms with E-state index in [1.807, 2.05) is 0 Å². The monoisotopic (exact) mass is 277 g/mol. The van der Waals surface area contributed by atoms with Gasteiger partial charge in [-0.25, -0.2) is 8.42 Å². The third kappa shape index (κ3) is 5.79. The summed E-state index contributed by atoms with van der Waals surface area (Å²) in [6.45, 7) is 3.50. The third-order valence-electron chi connectivity index (χ3n) is 3.13. The molecule has 0 radical (unpaired) electrons. The van der Waals surface area contributed by atoms with Crippen LogP contribution in [0.15, 0.2) is 0 Å². The van der Waals surface area contributed by atoms with Crippen molar-refractivity contribution in [1.29, 1.82) is 0 Å². The van der Waals surface area contributed by atoms with Crippen molar-refractivity contribution in [2.24, 2.45) is 0 Å². The van der Waals surface area contributed by atoms with Crippen LogP contribution in [0.1, 0.15) is 19.3 Å². The Morgan fingerprint density at radius 3 is 2.44 bits per heavy atom. The predicted octanol–water partition coefficient (Wildman–Crippen LogP) is -0.520. The molecule has 0 aliphatic carbocycles. The Morgan fingerprint density at radius 2 is 1.89 bits per heavy atom. The molecule has 0 spiro atoms. The summed E-state index contributed by atoms with van der Waals surface area (Å²) in [5.41, 5.74) is 0. The zero-order valence-corrected chi connectivity index (χ0v) is 12.0. The van der Waals surface area contributed by atoms with E-state index in [-0.39, 0.29) is 12.5 Å². The normalized spacial score (nSPS) is 17.9. The summed E-state index contributed by atoms with van der Waals surface area (Å²) >= 11 is 0. The van der Waals surface area contributed by atoms with E-state index < -0.39 is 10.0 Å². The molecule has 0 atom stereocenters. The Kier molecular flexibility index (Phi) is 6.04. The molecular formula is C11H23N3O3S. The number of nitrogens with zero attached hydrogens (tertiary/aromatic N) is 2. The maximum Gasteiger partial charge on any atom is 0.235 e. The fourth-order valence-electron chi connectivity index (χ4n) is 1.91. The maximum absolute atomic E-state index is 11.5. The van der Waals surface area contributed by atoms with Gasteiger partial charge in [0.1, 0.15) is 0 Å². The molecule has 1 heterocycles. The third-order valence-corrected chi connectivity index (χ3v) is 4.39. The first kappa shape index (κ1) is 15.4. The largest absolute Gasteiger partial charge is 0.354 e. The van der Waals surface area contributed by atoms with Crippen LogP contribution in [0.2, 0.25) is 0 Å². The lowest BCUT2D eigenvalue weighted by molar-refractivity contribution is -0.121. The minimum atomic E-state index is -3.28. The van der Waals surface area contributed by atoms with Crippen molar-refractivity contribution in [3.8, 4) is 0 Å². The van der Waals surface area contributed by atoms with Crippen molar-refractivity contribution in [2.75, 3.05) is 46.0 Å². The molecule has 1 fully saturated rings. The Morgan fingerprint density at radius 1 is 1.28 bits per heavy atom. The molecular weight excluding hydrogens is 254 g/mol. The Hall–Kier alpha value is -0.660. The van der Waals surface area contributed by atoms with Crippen LogP contribution in [0.25, 0.3) is 0 Å². The summed E-state index contributed by atoms with van der Waals surface area (Å²) in [6.07, 6.45) is 4.84. The van der Waals surface area contributed by atoms with E-state index >= 15 is 0 Å². The maximum atomic E-state index is 11.5. The summed E-state index contributed by atoms with van der Waals surface area (Å²) in [6, 6.07) is 0. The van der Waals surface area contributed by atoms with Gasteiger partial charge in [0.25, 0.3) is 0 Å². The molecule has 1 aliphatic rings. The van der Waals surface area contributed by atoms with Crippen molar-refractivity contribution in [3.63, 3.8) is 0 Å². The highest BCUT2D eigenvalue weighted by molar-refractivity contribution is 7.88. The van der Waals surface area contributed by atoms with Gasteiger partial charge in [-0.3, -0.25) is 4.79 Å². The molecule has 18 heavy (non-hydrogen) atoms. The van der Waals surface area contributed by atoms with Gasteiger partial charge in [-0.1, -0.05) is 6.42 Å². The van der Waals surface area contributed by atoms with E-state index in [4.69, 9.17) is 0 Å². The first-order chi connectivity index (χ1) is 8.39. The minimum absolute atomic E-state index is 0.112. The van der Waals surface area contributed by atoms with E-state index in [2.05, 4.69) is 10.2 Å². The number of likely N-dealkylation sites (tertiary alicyclic amines) is 1. The van der Waals surface area contributed by atoms with Crippen LogP contribution >= 0.6 is 0 Å². The van der Waals surface area contributed by atoms with Crippen LogP contribution < -0.4 is 5.32 Å². The van der Waals surface area contributed by atoms with Gasteiger partial charge in [-0.15, -0.1) is 0 Å². The number of likely N-dealkylation sites (N-methyl/N-ethyl adjacent to an activating group) is 1. The average Bonchev–Trinajstić information content (AvgIpc) is 2.29. The molecule has 0 aromatic rings. The number of carbonyl (C=O) groups excluding carboxylic acids is 1. The molecule has 1 amide bonds. The molecule has 0 saturated carbocycles. The van der Waals surface area contributed by atoms with Crippen molar-refractivity contribution < 1.29 is 13.2 Å². The topological polar surface area (TPSA) is 69.7 Å². The predicted molar refractivity (Wildman–Crippen MR) is 70.8 cm³/mol. The molecule has 0 aromatic heterocycles. The van der Waals surface area contributed by atoms with E-state index in [0.717, 1.165) is 30.2 Å². The summed E-state index contributed by atoms with van der Waals surface area (Å²) in [5, 5.41) is 2.75. The Balaban J connectivity index is 2.17. The van der Waals surface area contributed by atoms with Gasteiger partial charge >= 0.3 is 0 Å². The standard InChI is InChI=1S/C11H23N3O3S/c1-13(18(2,16)17)10-11(15)12-6-9-14-7-4-3-5-8-14/h3-10H2,1-2H3,(H,12,15). The van der Waals surface area contributed by atoms with Crippen LogP contribution in [0.4, 0.5) is 0 Å². The highest BCUT2D eigenvalue weighted by Crippen LogP contribution is 2.07.